The van der Waals surface area contributed by atoms with Crippen molar-refractivity contribution in [3.8, 4) is 0 Å². The van der Waals surface area contributed by atoms with E-state index in [0.717, 1.165) is 0 Å². The van der Waals surface area contributed by atoms with Crippen LogP contribution in [0.3, 0.4) is 0 Å². The van der Waals surface area contributed by atoms with Crippen LogP contribution < -0.4 is 16.3 Å². The molecule has 0 radical (unpaired) electrons. The van der Waals surface area contributed by atoms with E-state index in [1.54, 1.807) is 51.5 Å². The average Bonchev–Trinajstić information content (AvgIpc) is 2.76. The Morgan fingerprint density at radius 1 is 1.28 bits per heavy atom. The number of nitrogens with one attached hydrogen (secondary N) is 2. The molecule has 1 aromatic heterocycles. The van der Waals surface area contributed by atoms with Gasteiger partial charge in [0.2, 0.25) is 0 Å². The summed E-state index contributed by atoms with van der Waals surface area (Å²) in [6.45, 7) is -1.26. The number of hydrogen-bond acceptors (Lipinski definition) is 7. The number of hydrogen-bond donors (Lipinski definition) is 2. The summed E-state index contributed by atoms with van der Waals surface area (Å²) in [5.41, 5.74) is -0.141. The van der Waals surface area contributed by atoms with E-state index in [0.29, 0.717) is 18.5 Å². The van der Waals surface area contributed by atoms with Crippen molar-refractivity contribution in [1.82, 2.24) is 19.5 Å². The molecule has 0 saturated carbocycles. The Kier molecular flexibility index (Phi) is 10.0. The Morgan fingerprint density at radius 3 is 2.53 bits per heavy atom. The lowest BCUT2D eigenvalue weighted by molar-refractivity contribution is -0.0717. The number of benzene rings is 1. The van der Waals surface area contributed by atoms with Gasteiger partial charge in [0.1, 0.15) is 5.82 Å². The van der Waals surface area contributed by atoms with Gasteiger partial charge in [-0.25, -0.2) is 9.46 Å². The molecule has 0 aliphatic carbocycles. The zero-order chi connectivity index (χ0) is 23.7. The molecule has 0 bridgehead atoms. The highest BCUT2D eigenvalue weighted by Crippen LogP contribution is 2.54. The molecule has 3 atom stereocenters. The molecule has 1 aromatic carbocycles. The number of ether oxygens (including phenoxy) is 1. The summed E-state index contributed by atoms with van der Waals surface area (Å²) >= 11 is 5.91. The van der Waals surface area contributed by atoms with Crippen molar-refractivity contribution in [3.05, 3.63) is 58.6 Å². The minimum atomic E-state index is -3.43. The molecule has 1 heterocycles. The molecule has 10 nitrogen and oxygen atoms in total. The lowest BCUT2D eigenvalue weighted by Crippen LogP contribution is -2.37. The van der Waals surface area contributed by atoms with Gasteiger partial charge in [0.25, 0.3) is 5.91 Å². The van der Waals surface area contributed by atoms with Crippen LogP contribution in [0, 0.1) is 0 Å². The summed E-state index contributed by atoms with van der Waals surface area (Å²) in [6.07, 6.45) is 0.863. The summed E-state index contributed by atoms with van der Waals surface area (Å²) in [4.78, 5) is 28.9. The fourth-order valence-electron chi connectivity index (χ4n) is 2.63. The molecule has 2 rings (SSSR count). The molecule has 1 amide bonds. The van der Waals surface area contributed by atoms with Crippen LogP contribution in [0.25, 0.3) is 0 Å². The van der Waals surface area contributed by atoms with Gasteiger partial charge < -0.3 is 19.9 Å². The number of rotatable bonds is 12. The van der Waals surface area contributed by atoms with Crippen molar-refractivity contribution >= 4 is 29.8 Å². The molecule has 0 unspecified atom stereocenters. The monoisotopic (exact) mass is 485 g/mol. The zero-order valence-corrected chi connectivity index (χ0v) is 20.2. The van der Waals surface area contributed by atoms with Gasteiger partial charge in [-0.15, -0.1) is 0 Å². The number of halogens is 1. The quantitative estimate of drug-likeness (QED) is 0.441. The second-order valence-electron chi connectivity index (χ2n) is 7.10. The van der Waals surface area contributed by atoms with E-state index in [-0.39, 0.29) is 18.3 Å². The fourth-order valence-corrected chi connectivity index (χ4v) is 3.38. The van der Waals surface area contributed by atoms with E-state index in [4.69, 9.17) is 20.5 Å². The van der Waals surface area contributed by atoms with Gasteiger partial charge in [-0.1, -0.05) is 25.1 Å². The van der Waals surface area contributed by atoms with Gasteiger partial charge in [-0.3, -0.25) is 13.9 Å². The first-order valence-electron chi connectivity index (χ1n) is 10.1. The number of nitrogens with zero attached hydrogens (tertiary/aromatic N) is 3. The van der Waals surface area contributed by atoms with Gasteiger partial charge in [-0.05, 0) is 57.0 Å². The summed E-state index contributed by atoms with van der Waals surface area (Å²) in [5.74, 6) is -0.236. The Labute approximate surface area is 192 Å². The molecule has 32 heavy (non-hydrogen) atoms. The van der Waals surface area contributed by atoms with Crippen molar-refractivity contribution < 1.29 is 18.6 Å². The zero-order valence-electron chi connectivity index (χ0n) is 18.5. The highest BCUT2D eigenvalue weighted by Gasteiger charge is 2.26. The molecule has 0 fully saturated rings. The van der Waals surface area contributed by atoms with Crippen LogP contribution in [0.4, 0.5) is 5.82 Å². The van der Waals surface area contributed by atoms with Gasteiger partial charge in [0.15, 0.2) is 6.23 Å². The van der Waals surface area contributed by atoms with Crippen LogP contribution in [0.5, 0.6) is 0 Å². The van der Waals surface area contributed by atoms with Crippen molar-refractivity contribution in [3.63, 3.8) is 0 Å². The van der Waals surface area contributed by atoms with Gasteiger partial charge >= 0.3 is 12.6 Å². The number of amides is 1. The Morgan fingerprint density at radius 2 is 1.97 bits per heavy atom. The first kappa shape index (κ1) is 26.2. The maximum Gasteiger partial charge on any atom is 0.362 e. The van der Waals surface area contributed by atoms with Gasteiger partial charge in [-0.2, -0.15) is 4.98 Å². The Hall–Kier alpha value is -2.07. The van der Waals surface area contributed by atoms with Crippen molar-refractivity contribution in [1.29, 1.82) is 0 Å². The smallest absolute Gasteiger partial charge is 0.351 e. The maximum atomic E-state index is 12.6. The lowest BCUT2D eigenvalue weighted by atomic mass is 10.2. The van der Waals surface area contributed by atoms with Crippen LogP contribution in [0.1, 0.15) is 29.9 Å². The predicted molar refractivity (Wildman–Crippen MR) is 124 cm³/mol. The lowest BCUT2D eigenvalue weighted by Gasteiger charge is -2.27. The Balaban J connectivity index is 2.12. The average molecular weight is 486 g/mol. The highest BCUT2D eigenvalue weighted by atomic mass is 35.7. The number of carbonyl (C=O) groups is 1. The maximum absolute atomic E-state index is 12.6. The second-order valence-corrected chi connectivity index (χ2v) is 10.3. The molecule has 0 aliphatic heterocycles. The first-order valence-corrected chi connectivity index (χ1v) is 12.5. The molecule has 0 spiro atoms. The van der Waals surface area contributed by atoms with E-state index in [1.165, 1.54) is 21.5 Å². The van der Waals surface area contributed by atoms with Crippen LogP contribution in [0.15, 0.2) is 47.4 Å². The standard InChI is InChI=1S/C20H29ClN5O5P/c1-5-16(14-30-32(21,29)25(3)4)31-18(13-22-2)26-12-11-17(24-20(26)28)23-19(27)15-9-7-6-8-10-15/h6-12,16,18,22H,5,13-14H2,1-4H3,(H,23,24,27,28)/t16-,18+,32+/m0/s1. The number of anilines is 1. The fraction of sp³-hybridized carbons (Fsp3) is 0.450. The summed E-state index contributed by atoms with van der Waals surface area (Å²) in [7, 11) is 4.84. The normalized spacial score (nSPS) is 15.2. The topological polar surface area (TPSA) is 115 Å². The molecule has 0 aliphatic rings. The molecule has 12 heteroatoms. The van der Waals surface area contributed by atoms with Crippen LogP contribution >= 0.6 is 18.1 Å². The van der Waals surface area contributed by atoms with Crippen LogP contribution in [-0.2, 0) is 13.8 Å². The predicted octanol–water partition coefficient (Wildman–Crippen LogP) is 2.93. The molecule has 0 saturated heterocycles. The largest absolute Gasteiger partial charge is 0.362 e. The summed E-state index contributed by atoms with van der Waals surface area (Å²) in [6, 6.07) is 10.1. The minimum absolute atomic E-state index is 0.0108. The molecule has 176 valence electrons. The number of carbonyl (C=O) groups excluding carboxylic acids is 1. The SMILES string of the molecule is CC[C@@H](CO[P@](=O)(Cl)N(C)C)O[C@H](CNC)n1ccc(NC(=O)c2ccccc2)nc1=O. The van der Waals surface area contributed by atoms with Gasteiger partial charge in [0.05, 0.1) is 12.7 Å². The Bertz CT molecular complexity index is 988. The first-order chi connectivity index (χ1) is 15.2. The molecular formula is C20H29ClN5O5P. The summed E-state index contributed by atoms with van der Waals surface area (Å²) < 4.78 is 26.2. The number of likely N-dealkylation sites (N-methyl/N-ethyl adjacent to an activating group) is 1. The van der Waals surface area contributed by atoms with Crippen molar-refractivity contribution in [2.45, 2.75) is 25.7 Å². The molecular weight excluding hydrogens is 457 g/mol. The third kappa shape index (κ3) is 7.51. The summed E-state index contributed by atoms with van der Waals surface area (Å²) in [5, 5.41) is 5.58. The van der Waals surface area contributed by atoms with E-state index >= 15 is 0 Å². The second kappa shape index (κ2) is 12.2. The van der Waals surface area contributed by atoms with Crippen LogP contribution in [-0.4, -0.2) is 60.5 Å². The third-order valence-electron chi connectivity index (χ3n) is 4.50. The minimum Gasteiger partial charge on any atom is -0.351 e. The van der Waals surface area contributed by atoms with E-state index in [9.17, 15) is 14.2 Å². The molecule has 2 N–H and O–H groups in total. The van der Waals surface area contributed by atoms with Crippen molar-refractivity contribution in [2.24, 2.45) is 0 Å². The van der Waals surface area contributed by atoms with E-state index in [1.807, 2.05) is 6.92 Å². The van der Waals surface area contributed by atoms with E-state index < -0.39 is 24.9 Å². The van der Waals surface area contributed by atoms with E-state index in [2.05, 4.69) is 15.6 Å². The van der Waals surface area contributed by atoms with Crippen molar-refractivity contribution in [2.75, 3.05) is 39.6 Å². The van der Waals surface area contributed by atoms with Gasteiger partial charge in [0, 0.05) is 18.3 Å². The highest BCUT2D eigenvalue weighted by molar-refractivity contribution is 7.83. The number of aromatic nitrogens is 2. The third-order valence-corrected chi connectivity index (χ3v) is 7.12. The molecule has 2 aromatic rings. The van der Waals surface area contributed by atoms with Crippen LogP contribution in [0.2, 0.25) is 0 Å².